The summed E-state index contributed by atoms with van der Waals surface area (Å²) in [5, 5.41) is 9.97. The fourth-order valence-electron chi connectivity index (χ4n) is 0.237. The van der Waals surface area contributed by atoms with E-state index in [2.05, 4.69) is 20.4 Å². The molecule has 1 heterocycles. The molecule has 0 atom stereocenters. The van der Waals surface area contributed by atoms with Crippen LogP contribution in [0.1, 0.15) is 0 Å². The predicted molar refractivity (Wildman–Crippen MR) is 20.3 cm³/mol. The van der Waals surface area contributed by atoms with E-state index in [9.17, 15) is 0 Å². The highest BCUT2D eigenvalue weighted by molar-refractivity contribution is 4.32. The highest BCUT2D eigenvalue weighted by Gasteiger charge is 1.80. The third-order valence-corrected chi connectivity index (χ3v) is 0.517. The van der Waals surface area contributed by atoms with Crippen LogP contribution in [0, 0.1) is 0 Å². The van der Waals surface area contributed by atoms with E-state index in [0.717, 1.165) is 4.85 Å². The Hall–Kier alpha value is -1.13. The number of rotatable bonds is 1. The molecule has 0 saturated carbocycles. The largest absolute Gasteiger partial charge is 0.398 e. The first-order chi connectivity index (χ1) is 3.43. The lowest BCUT2D eigenvalue weighted by Gasteiger charge is -1.88. The van der Waals surface area contributed by atoms with Crippen LogP contribution >= 0.6 is 0 Å². The molecule has 5 nitrogen and oxygen atoms in total. The molecule has 0 spiro atoms. The highest BCUT2D eigenvalue weighted by Crippen LogP contribution is 1.61. The number of hydrogen-bond donors (Lipinski definition) is 0. The Labute approximate surface area is 39.8 Å². The van der Waals surface area contributed by atoms with Crippen molar-refractivity contribution < 1.29 is 4.84 Å². The van der Waals surface area contributed by atoms with Gasteiger partial charge in [0.05, 0.1) is 0 Å². The molecule has 1 aromatic rings. The first-order valence-electron chi connectivity index (χ1n) is 1.71. The quantitative estimate of drug-likeness (QED) is 0.441. The molecular formula is C2H4N4O. The zero-order valence-corrected chi connectivity index (χ0v) is 3.77. The molecule has 0 aromatic carbocycles. The monoisotopic (exact) mass is 100 g/mol. The van der Waals surface area contributed by atoms with Crippen LogP contribution in [0.2, 0.25) is 0 Å². The Bertz CT molecular complexity index is 124. The van der Waals surface area contributed by atoms with E-state index in [0.29, 0.717) is 0 Å². The van der Waals surface area contributed by atoms with Crippen LogP contribution in [0.25, 0.3) is 0 Å². The van der Waals surface area contributed by atoms with Crippen LogP contribution in [0.3, 0.4) is 0 Å². The summed E-state index contributed by atoms with van der Waals surface area (Å²) in [4.78, 5) is 5.69. The minimum absolute atomic E-state index is 1.15. The third-order valence-electron chi connectivity index (χ3n) is 0.517. The van der Waals surface area contributed by atoms with Crippen LogP contribution in [-0.4, -0.2) is 27.5 Å². The van der Waals surface area contributed by atoms with E-state index in [-0.39, 0.29) is 0 Å². The van der Waals surface area contributed by atoms with Crippen molar-refractivity contribution in [3.8, 4) is 0 Å². The molecule has 5 heteroatoms. The Morgan fingerprint density at radius 2 is 2.57 bits per heavy atom. The molecular weight excluding hydrogens is 96.0 g/mol. The van der Waals surface area contributed by atoms with Crippen molar-refractivity contribution in [1.82, 2.24) is 20.4 Å². The van der Waals surface area contributed by atoms with Crippen molar-refractivity contribution in [1.29, 1.82) is 0 Å². The van der Waals surface area contributed by atoms with Crippen molar-refractivity contribution in [2.45, 2.75) is 0 Å². The van der Waals surface area contributed by atoms with Crippen molar-refractivity contribution >= 4 is 0 Å². The third kappa shape index (κ3) is 0.648. The summed E-state index contributed by atoms with van der Waals surface area (Å²) in [7, 11) is 1.48. The molecule has 0 bridgehead atoms. The van der Waals surface area contributed by atoms with Gasteiger partial charge >= 0.3 is 0 Å². The van der Waals surface area contributed by atoms with Gasteiger partial charge in [0.2, 0.25) is 0 Å². The number of aromatic nitrogens is 4. The van der Waals surface area contributed by atoms with E-state index in [1.165, 1.54) is 13.4 Å². The lowest BCUT2D eigenvalue weighted by molar-refractivity contribution is 0.128. The van der Waals surface area contributed by atoms with Crippen LogP contribution in [-0.2, 0) is 0 Å². The molecule has 0 aliphatic heterocycles. The van der Waals surface area contributed by atoms with Crippen LogP contribution in [0.4, 0.5) is 0 Å². The second-order valence-electron chi connectivity index (χ2n) is 0.895. The van der Waals surface area contributed by atoms with E-state index in [1.54, 1.807) is 0 Å². The Kier molecular flexibility index (Phi) is 0.892. The van der Waals surface area contributed by atoms with Crippen molar-refractivity contribution in [2.75, 3.05) is 7.11 Å². The summed E-state index contributed by atoms with van der Waals surface area (Å²) in [5.74, 6) is 0. The van der Waals surface area contributed by atoms with E-state index >= 15 is 0 Å². The molecule has 0 amide bonds. The molecule has 0 aliphatic carbocycles. The first kappa shape index (κ1) is 4.04. The van der Waals surface area contributed by atoms with Crippen molar-refractivity contribution in [3.63, 3.8) is 0 Å². The molecule has 0 unspecified atom stereocenters. The van der Waals surface area contributed by atoms with E-state index in [4.69, 9.17) is 0 Å². The lowest BCUT2D eigenvalue weighted by Crippen LogP contribution is -2.05. The van der Waals surface area contributed by atoms with Gasteiger partial charge in [0, 0.05) is 0 Å². The smallest absolute Gasteiger partial charge is 0.179 e. The minimum atomic E-state index is 1.15. The molecule has 0 N–H and O–H groups in total. The molecule has 0 saturated heterocycles. The molecule has 1 rings (SSSR count). The average molecular weight is 100 g/mol. The van der Waals surface area contributed by atoms with Gasteiger partial charge in [-0.1, -0.05) is 4.85 Å². The normalized spacial score (nSPS) is 8.71. The van der Waals surface area contributed by atoms with Gasteiger partial charge in [0.25, 0.3) is 0 Å². The van der Waals surface area contributed by atoms with Gasteiger partial charge in [-0.05, 0) is 10.4 Å². The highest BCUT2D eigenvalue weighted by atomic mass is 16.7. The Balaban J connectivity index is 2.76. The summed E-state index contributed by atoms with van der Waals surface area (Å²) in [6, 6.07) is 0. The molecule has 0 fully saturated rings. The maximum atomic E-state index is 4.53. The standard InChI is InChI=1S/C2H4N4O/c1-7-6-2-3-4-5-6/h2H,1H3. The number of hydrogen-bond acceptors (Lipinski definition) is 4. The maximum Gasteiger partial charge on any atom is 0.179 e. The molecule has 38 valence electrons. The summed E-state index contributed by atoms with van der Waals surface area (Å²) in [5.41, 5.74) is 0. The molecule has 7 heavy (non-hydrogen) atoms. The van der Waals surface area contributed by atoms with Gasteiger partial charge < -0.3 is 4.84 Å². The molecule has 0 radical (unpaired) electrons. The minimum Gasteiger partial charge on any atom is -0.398 e. The molecule has 0 aliphatic rings. The fraction of sp³-hybridized carbons (Fsp3) is 0.500. The summed E-state index contributed by atoms with van der Waals surface area (Å²) in [6.45, 7) is 0. The van der Waals surface area contributed by atoms with E-state index < -0.39 is 0 Å². The van der Waals surface area contributed by atoms with Gasteiger partial charge in [0.15, 0.2) is 6.33 Å². The summed E-state index contributed by atoms with van der Waals surface area (Å²) in [6.07, 6.45) is 1.36. The van der Waals surface area contributed by atoms with Crippen molar-refractivity contribution in [2.24, 2.45) is 0 Å². The lowest BCUT2D eigenvalue weighted by atomic mass is 11.4. The average Bonchev–Trinajstić information content (AvgIpc) is 2.14. The Morgan fingerprint density at radius 1 is 1.71 bits per heavy atom. The Morgan fingerprint density at radius 3 is 2.86 bits per heavy atom. The second kappa shape index (κ2) is 1.55. The number of tetrazole rings is 1. The van der Waals surface area contributed by atoms with Gasteiger partial charge in [-0.15, -0.1) is 5.10 Å². The summed E-state index contributed by atoms with van der Waals surface area (Å²) < 4.78 is 0. The van der Waals surface area contributed by atoms with Crippen molar-refractivity contribution in [3.05, 3.63) is 6.33 Å². The number of nitrogens with zero attached hydrogens (tertiary/aromatic N) is 4. The zero-order chi connectivity index (χ0) is 5.11. The maximum absolute atomic E-state index is 4.53. The van der Waals surface area contributed by atoms with Gasteiger partial charge in [-0.3, -0.25) is 0 Å². The second-order valence-corrected chi connectivity index (χ2v) is 0.895. The fourth-order valence-corrected chi connectivity index (χ4v) is 0.237. The molecule has 1 aromatic heterocycles. The van der Waals surface area contributed by atoms with E-state index in [1.807, 2.05) is 0 Å². The van der Waals surface area contributed by atoms with Crippen LogP contribution in [0.15, 0.2) is 6.33 Å². The predicted octanol–water partition coefficient (Wildman–Crippen LogP) is -1.27. The zero-order valence-electron chi connectivity index (χ0n) is 3.77. The topological polar surface area (TPSA) is 52.8 Å². The first-order valence-corrected chi connectivity index (χ1v) is 1.71. The van der Waals surface area contributed by atoms with Gasteiger partial charge in [-0.25, -0.2) is 0 Å². The van der Waals surface area contributed by atoms with Crippen LogP contribution in [0.5, 0.6) is 0 Å². The van der Waals surface area contributed by atoms with Gasteiger partial charge in [-0.2, -0.15) is 0 Å². The SMILES string of the molecule is COn1cnnn1. The van der Waals surface area contributed by atoms with Gasteiger partial charge in [0.1, 0.15) is 7.11 Å². The summed E-state index contributed by atoms with van der Waals surface area (Å²) >= 11 is 0. The van der Waals surface area contributed by atoms with Crippen LogP contribution < -0.4 is 4.84 Å².